The summed E-state index contributed by atoms with van der Waals surface area (Å²) < 4.78 is 48.8. The van der Waals surface area contributed by atoms with Gasteiger partial charge >= 0.3 is 0 Å². The number of halogens is 3. The van der Waals surface area contributed by atoms with Crippen LogP contribution in [0.5, 0.6) is 5.75 Å². The number of hydrogen-bond donors (Lipinski definition) is 1. The fourth-order valence-corrected chi connectivity index (χ4v) is 4.28. The third-order valence-corrected chi connectivity index (χ3v) is 6.07. The molecule has 0 aromatic heterocycles. The van der Waals surface area contributed by atoms with Crippen molar-refractivity contribution >= 4 is 0 Å². The molecule has 1 fully saturated rings. The van der Waals surface area contributed by atoms with Gasteiger partial charge in [0.25, 0.3) is 0 Å². The zero-order valence-electron chi connectivity index (χ0n) is 17.7. The minimum Gasteiger partial charge on any atom is -0.486 e. The van der Waals surface area contributed by atoms with Crippen LogP contribution in [0.2, 0.25) is 0 Å². The standard InChI is InChI=1S/C27H25F3O2/c1-2-15-32-25-14-13-23(26(29)27(25)30)19-5-3-17(4-6-19)20-9-12-22(24(28)16-20)18-7-10-21(31)11-8-18/h2-6,9,12-14,16,18,21,31H,1,7-8,10-11,15H2. The first-order chi connectivity index (χ1) is 15.5. The lowest BCUT2D eigenvalue weighted by Crippen LogP contribution is -2.17. The Bertz CT molecular complexity index is 1100. The van der Waals surface area contributed by atoms with Gasteiger partial charge in [0.2, 0.25) is 5.82 Å². The third kappa shape index (κ3) is 4.58. The van der Waals surface area contributed by atoms with Gasteiger partial charge in [0.05, 0.1) is 6.10 Å². The zero-order chi connectivity index (χ0) is 22.7. The van der Waals surface area contributed by atoms with Gasteiger partial charge in [-0.2, -0.15) is 4.39 Å². The fraction of sp³-hybridized carbons (Fsp3) is 0.259. The lowest BCUT2D eigenvalue weighted by Gasteiger charge is -2.26. The summed E-state index contributed by atoms with van der Waals surface area (Å²) in [5, 5.41) is 9.67. The second-order valence-corrected chi connectivity index (χ2v) is 8.16. The van der Waals surface area contributed by atoms with E-state index in [2.05, 4.69) is 6.58 Å². The Morgan fingerprint density at radius 2 is 1.50 bits per heavy atom. The van der Waals surface area contributed by atoms with E-state index in [-0.39, 0.29) is 35.8 Å². The maximum Gasteiger partial charge on any atom is 0.201 e. The number of rotatable bonds is 6. The molecule has 0 unspecified atom stereocenters. The van der Waals surface area contributed by atoms with Crippen molar-refractivity contribution in [1.29, 1.82) is 0 Å². The van der Waals surface area contributed by atoms with Crippen LogP contribution < -0.4 is 4.74 Å². The summed E-state index contributed by atoms with van der Waals surface area (Å²) in [5.74, 6) is -2.30. The normalized spacial score (nSPS) is 18.4. The van der Waals surface area contributed by atoms with Crippen molar-refractivity contribution in [3.63, 3.8) is 0 Å². The molecule has 1 aliphatic rings. The first-order valence-corrected chi connectivity index (χ1v) is 10.8. The van der Waals surface area contributed by atoms with Gasteiger partial charge in [-0.05, 0) is 72.1 Å². The lowest BCUT2D eigenvalue weighted by molar-refractivity contribution is 0.122. The Kier molecular flexibility index (Phi) is 6.66. The highest BCUT2D eigenvalue weighted by Gasteiger charge is 2.23. The molecule has 1 aliphatic carbocycles. The van der Waals surface area contributed by atoms with E-state index in [0.717, 1.165) is 18.4 Å². The van der Waals surface area contributed by atoms with E-state index in [9.17, 15) is 18.3 Å². The molecular weight excluding hydrogens is 413 g/mol. The zero-order valence-corrected chi connectivity index (χ0v) is 17.7. The molecule has 0 bridgehead atoms. The first-order valence-electron chi connectivity index (χ1n) is 10.8. The summed E-state index contributed by atoms with van der Waals surface area (Å²) in [6.45, 7) is 3.57. The number of aliphatic hydroxyl groups excluding tert-OH is 1. The Balaban J connectivity index is 1.55. The van der Waals surface area contributed by atoms with Crippen molar-refractivity contribution in [2.45, 2.75) is 37.7 Å². The Labute approximate surface area is 186 Å². The molecule has 1 saturated carbocycles. The van der Waals surface area contributed by atoms with Gasteiger partial charge in [0.15, 0.2) is 11.6 Å². The maximum atomic E-state index is 14.8. The van der Waals surface area contributed by atoms with E-state index in [1.54, 1.807) is 24.3 Å². The topological polar surface area (TPSA) is 29.5 Å². The van der Waals surface area contributed by atoms with Crippen LogP contribution in [0.3, 0.4) is 0 Å². The fourth-order valence-electron chi connectivity index (χ4n) is 4.28. The van der Waals surface area contributed by atoms with Crippen molar-refractivity contribution in [3.8, 4) is 28.0 Å². The summed E-state index contributed by atoms with van der Waals surface area (Å²) in [6, 6.07) is 15.0. The molecule has 166 valence electrons. The average Bonchev–Trinajstić information content (AvgIpc) is 2.81. The second-order valence-electron chi connectivity index (χ2n) is 8.16. The molecule has 2 nitrogen and oxygen atoms in total. The minimum atomic E-state index is -1.04. The highest BCUT2D eigenvalue weighted by atomic mass is 19.2. The van der Waals surface area contributed by atoms with Gasteiger partial charge < -0.3 is 9.84 Å². The van der Waals surface area contributed by atoms with Crippen LogP contribution in [-0.4, -0.2) is 17.8 Å². The smallest absolute Gasteiger partial charge is 0.201 e. The van der Waals surface area contributed by atoms with Gasteiger partial charge in [-0.3, -0.25) is 0 Å². The summed E-state index contributed by atoms with van der Waals surface area (Å²) in [7, 11) is 0. The largest absolute Gasteiger partial charge is 0.486 e. The molecule has 32 heavy (non-hydrogen) atoms. The van der Waals surface area contributed by atoms with Crippen molar-refractivity contribution in [2.24, 2.45) is 0 Å². The van der Waals surface area contributed by atoms with E-state index in [0.29, 0.717) is 29.5 Å². The molecular formula is C27H25F3O2. The van der Waals surface area contributed by atoms with E-state index in [1.807, 2.05) is 12.1 Å². The van der Waals surface area contributed by atoms with Crippen LogP contribution >= 0.6 is 0 Å². The molecule has 0 saturated heterocycles. The number of hydrogen-bond acceptors (Lipinski definition) is 2. The van der Waals surface area contributed by atoms with Crippen LogP contribution in [0.1, 0.15) is 37.2 Å². The van der Waals surface area contributed by atoms with Crippen molar-refractivity contribution in [1.82, 2.24) is 0 Å². The molecule has 0 aliphatic heterocycles. The van der Waals surface area contributed by atoms with Crippen molar-refractivity contribution in [2.75, 3.05) is 6.61 Å². The molecule has 0 radical (unpaired) electrons. The van der Waals surface area contributed by atoms with Gasteiger partial charge in [0, 0.05) is 5.56 Å². The quantitative estimate of drug-likeness (QED) is 0.419. The molecule has 0 atom stereocenters. The number of benzene rings is 3. The second kappa shape index (κ2) is 9.61. The first kappa shape index (κ1) is 22.2. The van der Waals surface area contributed by atoms with Crippen LogP contribution in [0.25, 0.3) is 22.3 Å². The molecule has 0 heterocycles. The van der Waals surface area contributed by atoms with Gasteiger partial charge in [0.1, 0.15) is 12.4 Å². The van der Waals surface area contributed by atoms with Gasteiger partial charge in [-0.25, -0.2) is 8.78 Å². The Morgan fingerprint density at radius 3 is 2.16 bits per heavy atom. The third-order valence-electron chi connectivity index (χ3n) is 6.07. The average molecular weight is 438 g/mol. The van der Waals surface area contributed by atoms with E-state index < -0.39 is 11.6 Å². The summed E-state index contributed by atoms with van der Waals surface area (Å²) in [4.78, 5) is 0. The maximum absolute atomic E-state index is 14.8. The summed E-state index contributed by atoms with van der Waals surface area (Å²) >= 11 is 0. The predicted molar refractivity (Wildman–Crippen MR) is 120 cm³/mol. The monoisotopic (exact) mass is 438 g/mol. The van der Waals surface area contributed by atoms with E-state index in [1.165, 1.54) is 24.3 Å². The summed E-state index contributed by atoms with van der Waals surface area (Å²) in [5.41, 5.74) is 2.83. The lowest BCUT2D eigenvalue weighted by atomic mass is 9.82. The Hall–Kier alpha value is -3.05. The molecule has 0 amide bonds. The van der Waals surface area contributed by atoms with Gasteiger partial charge in [-0.1, -0.05) is 49.1 Å². The highest BCUT2D eigenvalue weighted by Crippen LogP contribution is 2.36. The SMILES string of the molecule is C=CCOc1ccc(-c2ccc(-c3ccc(C4CCC(O)CC4)c(F)c3)cc2)c(F)c1F. The molecule has 3 aromatic rings. The summed E-state index contributed by atoms with van der Waals surface area (Å²) in [6.07, 6.45) is 4.15. The Morgan fingerprint density at radius 1 is 0.844 bits per heavy atom. The number of aliphatic hydroxyl groups is 1. The number of ether oxygens (including phenoxy) is 1. The van der Waals surface area contributed by atoms with Crippen LogP contribution in [0, 0.1) is 17.5 Å². The van der Waals surface area contributed by atoms with Crippen LogP contribution in [-0.2, 0) is 0 Å². The predicted octanol–water partition coefficient (Wildman–Crippen LogP) is 7.02. The van der Waals surface area contributed by atoms with Crippen molar-refractivity contribution < 1.29 is 23.0 Å². The molecule has 1 N–H and O–H groups in total. The van der Waals surface area contributed by atoms with Gasteiger partial charge in [-0.15, -0.1) is 0 Å². The molecule has 4 rings (SSSR count). The highest BCUT2D eigenvalue weighted by molar-refractivity contribution is 5.71. The molecule has 0 spiro atoms. The molecule has 3 aromatic carbocycles. The van der Waals surface area contributed by atoms with Crippen LogP contribution in [0.4, 0.5) is 13.2 Å². The van der Waals surface area contributed by atoms with E-state index >= 15 is 0 Å². The minimum absolute atomic E-state index is 0.0858. The van der Waals surface area contributed by atoms with Crippen molar-refractivity contribution in [3.05, 3.63) is 90.3 Å². The molecule has 5 heteroatoms. The van der Waals surface area contributed by atoms with E-state index in [4.69, 9.17) is 4.74 Å². The van der Waals surface area contributed by atoms with Crippen LogP contribution in [0.15, 0.2) is 67.3 Å².